The fraction of sp³-hybridized carbons (Fsp3) is 1.00. The first-order valence-corrected chi connectivity index (χ1v) is 2.56. The molecule has 1 aliphatic heterocycles. The third-order valence-electron chi connectivity index (χ3n) is 0.500. The molecule has 1 saturated heterocycles. The molecule has 0 aliphatic carbocycles. The van der Waals surface area contributed by atoms with Crippen LogP contribution < -0.4 is 0 Å². The smallest absolute Gasteiger partial charge is 0.119 e. The van der Waals surface area contributed by atoms with E-state index < -0.39 is 0 Å². The third-order valence-corrected chi connectivity index (χ3v) is 1.50. The maximum absolute atomic E-state index is 2.24. The summed E-state index contributed by atoms with van der Waals surface area (Å²) in [6, 6.07) is 0. The van der Waals surface area contributed by atoms with E-state index in [1.54, 1.807) is 0 Å². The zero-order chi connectivity index (χ0) is 2.99. The van der Waals surface area contributed by atoms with E-state index in [0.29, 0.717) is 0 Å². The van der Waals surface area contributed by atoms with E-state index in [1.807, 2.05) is 11.8 Å². The fourth-order valence-electron chi connectivity index (χ4n) is 0.0962. The number of hydrogen-bond acceptors (Lipinski definition) is 1. The largest absolute Gasteiger partial charge is 0.166 e. The average molecular weight is 71.9 g/mol. The lowest BCUT2D eigenvalue weighted by molar-refractivity contribution is 1.61. The van der Waals surface area contributed by atoms with E-state index in [-0.39, 0.29) is 0 Å². The highest BCUT2D eigenvalue weighted by atomic mass is 32.2. The molecule has 2 heteroatoms. The minimum Gasteiger partial charge on any atom is -0.166 e. The van der Waals surface area contributed by atoms with Gasteiger partial charge in [-0.2, -0.15) is 11.8 Å². The first kappa shape index (κ1) is 2.64. The van der Waals surface area contributed by atoms with Crippen LogP contribution in [-0.4, -0.2) is 18.7 Å². The van der Waals surface area contributed by atoms with Gasteiger partial charge < -0.3 is 0 Å². The fourth-order valence-corrected chi connectivity index (χ4v) is 0.289. The number of hydrogen-bond donors (Lipinski definition) is 0. The van der Waals surface area contributed by atoms with Crippen molar-refractivity contribution in [3.63, 3.8) is 0 Å². The van der Waals surface area contributed by atoms with Gasteiger partial charge >= 0.3 is 0 Å². The van der Waals surface area contributed by atoms with Crippen molar-refractivity contribution >= 4 is 19.6 Å². The van der Waals surface area contributed by atoms with Gasteiger partial charge in [-0.25, -0.2) is 0 Å². The Morgan fingerprint density at radius 3 is 2.25 bits per heavy atom. The lowest BCUT2D eigenvalue weighted by Gasteiger charge is -1.48. The molecule has 1 aliphatic rings. The van der Waals surface area contributed by atoms with Crippen LogP contribution in [0.2, 0.25) is 0 Å². The molecule has 0 amide bonds. The second kappa shape index (κ2) is 0.679. The van der Waals surface area contributed by atoms with Crippen molar-refractivity contribution < 1.29 is 0 Å². The van der Waals surface area contributed by atoms with Gasteiger partial charge in [0.1, 0.15) is 7.85 Å². The van der Waals surface area contributed by atoms with Crippen LogP contribution in [0.5, 0.6) is 0 Å². The molecule has 1 atom stereocenters. The Labute approximate surface area is 31.4 Å². The first-order chi connectivity index (χ1) is 1.89. The summed E-state index contributed by atoms with van der Waals surface area (Å²) in [7, 11) is 2.24. The molecule has 0 aromatic rings. The first-order valence-electron chi connectivity index (χ1n) is 1.51. The van der Waals surface area contributed by atoms with Gasteiger partial charge in [0.25, 0.3) is 0 Å². The summed E-state index contributed by atoms with van der Waals surface area (Å²) in [5, 5.41) is 1.000. The molecule has 0 aromatic carbocycles. The lowest BCUT2D eigenvalue weighted by Crippen LogP contribution is -1.70. The summed E-state index contributed by atoms with van der Waals surface area (Å²) in [6.07, 6.45) is 0. The summed E-state index contributed by atoms with van der Waals surface area (Å²) in [6.45, 7) is 0. The van der Waals surface area contributed by atoms with Crippen LogP contribution in [0.4, 0.5) is 0 Å². The van der Waals surface area contributed by atoms with Gasteiger partial charge in [-0.15, -0.1) is 0 Å². The van der Waals surface area contributed by atoms with E-state index in [9.17, 15) is 0 Å². The van der Waals surface area contributed by atoms with Crippen molar-refractivity contribution in [2.24, 2.45) is 0 Å². The predicted molar refractivity (Wildman–Crippen MR) is 24.8 cm³/mol. The van der Waals surface area contributed by atoms with Gasteiger partial charge in [-0.1, -0.05) is 0 Å². The second-order valence-corrected chi connectivity index (χ2v) is 2.62. The van der Waals surface area contributed by atoms with Crippen molar-refractivity contribution in [2.75, 3.05) is 5.75 Å². The molecule has 0 nitrogen and oxygen atoms in total. The average Bonchev–Trinajstić information content (AvgIpc) is 1.75. The molecular formula is C2H5BS. The quantitative estimate of drug-likeness (QED) is 0.279. The minimum absolute atomic E-state index is 1.000. The van der Waals surface area contributed by atoms with Gasteiger partial charge in [-0.3, -0.25) is 0 Å². The molecule has 1 rings (SSSR count). The van der Waals surface area contributed by atoms with Crippen LogP contribution in [0.15, 0.2) is 0 Å². The van der Waals surface area contributed by atoms with Crippen molar-refractivity contribution in [2.45, 2.75) is 5.15 Å². The molecule has 1 fully saturated rings. The van der Waals surface area contributed by atoms with E-state index in [4.69, 9.17) is 0 Å². The summed E-state index contributed by atoms with van der Waals surface area (Å²) >= 11 is 2.02. The van der Waals surface area contributed by atoms with Crippen molar-refractivity contribution in [3.8, 4) is 0 Å². The Hall–Kier alpha value is 0.415. The highest BCUT2D eigenvalue weighted by Crippen LogP contribution is 2.25. The van der Waals surface area contributed by atoms with Crippen molar-refractivity contribution in [1.82, 2.24) is 0 Å². The van der Waals surface area contributed by atoms with E-state index in [1.165, 1.54) is 5.75 Å². The highest BCUT2D eigenvalue weighted by molar-refractivity contribution is 8.08. The Morgan fingerprint density at radius 2 is 2.25 bits per heavy atom. The molecule has 0 spiro atoms. The molecule has 0 bridgehead atoms. The van der Waals surface area contributed by atoms with Gasteiger partial charge in [-0.05, 0) is 10.9 Å². The van der Waals surface area contributed by atoms with Crippen LogP contribution >= 0.6 is 11.8 Å². The summed E-state index contributed by atoms with van der Waals surface area (Å²) in [4.78, 5) is 0. The normalized spacial score (nSPS) is 39.5. The van der Waals surface area contributed by atoms with E-state index >= 15 is 0 Å². The third kappa shape index (κ3) is 0.415. The SMILES string of the molecule is BC1CS1. The molecule has 0 saturated carbocycles. The van der Waals surface area contributed by atoms with Crippen LogP contribution in [0, 0.1) is 0 Å². The van der Waals surface area contributed by atoms with Crippen molar-refractivity contribution in [1.29, 1.82) is 0 Å². The summed E-state index contributed by atoms with van der Waals surface area (Å²) < 4.78 is 0. The van der Waals surface area contributed by atoms with Gasteiger partial charge in [0, 0.05) is 0 Å². The van der Waals surface area contributed by atoms with Crippen LogP contribution in [-0.2, 0) is 0 Å². The maximum atomic E-state index is 2.24. The van der Waals surface area contributed by atoms with Gasteiger partial charge in [0.15, 0.2) is 0 Å². The summed E-state index contributed by atoms with van der Waals surface area (Å²) in [5.74, 6) is 1.40. The van der Waals surface area contributed by atoms with Gasteiger partial charge in [0.2, 0.25) is 0 Å². The molecule has 0 radical (unpaired) electrons. The number of rotatable bonds is 0. The minimum atomic E-state index is 1.000. The van der Waals surface area contributed by atoms with Crippen molar-refractivity contribution in [3.05, 3.63) is 0 Å². The Morgan fingerprint density at radius 1 is 2.00 bits per heavy atom. The monoisotopic (exact) mass is 72.0 g/mol. The molecule has 1 heterocycles. The zero-order valence-electron chi connectivity index (χ0n) is 2.69. The number of thioether (sulfide) groups is 1. The molecule has 1 unspecified atom stereocenters. The van der Waals surface area contributed by atoms with Crippen LogP contribution in [0.1, 0.15) is 0 Å². The molecule has 4 heavy (non-hydrogen) atoms. The topological polar surface area (TPSA) is 0 Å². The molecule has 0 aromatic heterocycles. The van der Waals surface area contributed by atoms with E-state index in [0.717, 1.165) is 5.15 Å². The predicted octanol–water partition coefficient (Wildman–Crippen LogP) is -0.308. The summed E-state index contributed by atoms with van der Waals surface area (Å²) in [5.41, 5.74) is 0. The maximum Gasteiger partial charge on any atom is 0.119 e. The second-order valence-electron chi connectivity index (χ2n) is 1.14. The molecular weight excluding hydrogens is 66.9 g/mol. The highest BCUT2D eigenvalue weighted by Gasteiger charge is 2.13. The van der Waals surface area contributed by atoms with E-state index in [2.05, 4.69) is 7.85 Å². The Balaban J connectivity index is 2.17. The Kier molecular flexibility index (Phi) is 0.449. The molecule has 22 valence electrons. The Bertz CT molecular complexity index is 25.2. The van der Waals surface area contributed by atoms with Crippen LogP contribution in [0.3, 0.4) is 0 Å². The van der Waals surface area contributed by atoms with Gasteiger partial charge in [0.05, 0.1) is 0 Å². The lowest BCUT2D eigenvalue weighted by atomic mass is 10.1. The molecule has 0 N–H and O–H groups in total. The van der Waals surface area contributed by atoms with Crippen LogP contribution in [0.25, 0.3) is 0 Å². The zero-order valence-corrected chi connectivity index (χ0v) is 3.51. The standard InChI is InChI=1S/C2H5BS/c3-2-1-4-2/h2H,1,3H2.